The number of ketones is 1. The van der Waals surface area contributed by atoms with Crippen molar-refractivity contribution in [3.63, 3.8) is 0 Å². The summed E-state index contributed by atoms with van der Waals surface area (Å²) < 4.78 is 1.94. The van der Waals surface area contributed by atoms with E-state index in [1.165, 1.54) is 11.3 Å². The van der Waals surface area contributed by atoms with Crippen molar-refractivity contribution in [3.8, 4) is 6.07 Å². The normalized spacial score (nSPS) is 15.1. The Bertz CT molecular complexity index is 869. The number of nitriles is 1. The van der Waals surface area contributed by atoms with E-state index in [0.717, 1.165) is 44.1 Å². The number of aromatic nitrogens is 2. The predicted molar refractivity (Wildman–Crippen MR) is 101 cm³/mol. The van der Waals surface area contributed by atoms with Crippen LogP contribution in [0.3, 0.4) is 0 Å². The fourth-order valence-electron chi connectivity index (χ4n) is 3.52. The van der Waals surface area contributed by atoms with Gasteiger partial charge in [0.05, 0.1) is 16.9 Å². The Balaban J connectivity index is 1.72. The molecule has 0 aliphatic carbocycles. The summed E-state index contributed by atoms with van der Waals surface area (Å²) >= 11 is 0. The number of hydrogen-bond acceptors (Lipinski definition) is 5. The Morgan fingerprint density at radius 2 is 1.92 bits per heavy atom. The minimum atomic E-state index is 0.0249. The lowest BCUT2D eigenvalue weighted by atomic mass is 10.1. The van der Waals surface area contributed by atoms with Crippen LogP contribution in [0.2, 0.25) is 0 Å². The van der Waals surface area contributed by atoms with Gasteiger partial charge >= 0.3 is 0 Å². The number of carbonyl (C=O) groups excluding carboxylic acids is 1. The molecule has 0 N–H and O–H groups in total. The smallest absolute Gasteiger partial charge is 0.159 e. The topological polar surface area (TPSA) is 65.2 Å². The highest BCUT2D eigenvalue weighted by Crippen LogP contribution is 2.24. The maximum absolute atomic E-state index is 11.7. The summed E-state index contributed by atoms with van der Waals surface area (Å²) in [5, 5.41) is 13.9. The minimum absolute atomic E-state index is 0.0249. The van der Waals surface area contributed by atoms with Crippen LogP contribution in [0, 0.1) is 25.2 Å². The number of anilines is 1. The second-order valence-corrected chi connectivity index (χ2v) is 6.94. The van der Waals surface area contributed by atoms with Gasteiger partial charge in [-0.15, -0.1) is 0 Å². The first-order valence-corrected chi connectivity index (χ1v) is 8.92. The molecular weight excluding hydrogens is 326 g/mol. The molecule has 0 saturated carbocycles. The van der Waals surface area contributed by atoms with Crippen molar-refractivity contribution in [1.29, 1.82) is 5.26 Å². The lowest BCUT2D eigenvalue weighted by Crippen LogP contribution is -2.46. The fourth-order valence-corrected chi connectivity index (χ4v) is 3.52. The van der Waals surface area contributed by atoms with Gasteiger partial charge in [-0.05, 0) is 39.0 Å². The van der Waals surface area contributed by atoms with Crippen LogP contribution >= 0.6 is 0 Å². The van der Waals surface area contributed by atoms with E-state index in [9.17, 15) is 10.1 Å². The van der Waals surface area contributed by atoms with Gasteiger partial charge in [-0.3, -0.25) is 14.4 Å². The van der Waals surface area contributed by atoms with Crippen molar-refractivity contribution in [1.82, 2.24) is 14.7 Å². The van der Waals surface area contributed by atoms with Gasteiger partial charge in [-0.1, -0.05) is 0 Å². The molecule has 1 aromatic carbocycles. The highest BCUT2D eigenvalue weighted by molar-refractivity contribution is 5.95. The van der Waals surface area contributed by atoms with Gasteiger partial charge in [0.15, 0.2) is 5.78 Å². The van der Waals surface area contributed by atoms with Crippen molar-refractivity contribution in [2.45, 2.75) is 27.3 Å². The first-order chi connectivity index (χ1) is 12.4. The number of nitrogens with zero attached hydrogens (tertiary/aromatic N) is 5. The van der Waals surface area contributed by atoms with Gasteiger partial charge in [-0.25, -0.2) is 0 Å². The van der Waals surface area contributed by atoms with Crippen molar-refractivity contribution >= 4 is 11.5 Å². The number of aryl methyl sites for hydroxylation is 2. The summed E-state index contributed by atoms with van der Waals surface area (Å²) in [6.45, 7) is 10.2. The van der Waals surface area contributed by atoms with Gasteiger partial charge in [0.2, 0.25) is 0 Å². The Morgan fingerprint density at radius 1 is 1.23 bits per heavy atom. The molecule has 0 unspecified atom stereocenters. The Hall–Kier alpha value is -2.65. The maximum atomic E-state index is 11.7. The molecule has 0 amide bonds. The molecule has 2 heterocycles. The Morgan fingerprint density at radius 3 is 2.46 bits per heavy atom. The average Bonchev–Trinajstić information content (AvgIpc) is 2.88. The standard InChI is InChI=1S/C20H25N5O/c1-14-19(15(2)23(4)22-14)13-24-7-9-25(10-8-24)20-11-17(16(3)26)5-6-18(20)12-21/h5-6,11H,7-10,13H2,1-4H3. The molecule has 6 heteroatoms. The van der Waals surface area contributed by atoms with Crippen LogP contribution in [-0.4, -0.2) is 46.6 Å². The number of carbonyl (C=O) groups is 1. The molecule has 1 saturated heterocycles. The summed E-state index contributed by atoms with van der Waals surface area (Å²) in [6, 6.07) is 7.58. The van der Waals surface area contributed by atoms with E-state index in [4.69, 9.17) is 0 Å². The Kier molecular flexibility index (Phi) is 5.10. The van der Waals surface area contributed by atoms with E-state index in [0.29, 0.717) is 11.1 Å². The molecule has 1 aliphatic heterocycles. The highest BCUT2D eigenvalue weighted by atomic mass is 16.1. The molecule has 0 radical (unpaired) electrons. The lowest BCUT2D eigenvalue weighted by Gasteiger charge is -2.36. The molecule has 1 aromatic heterocycles. The highest BCUT2D eigenvalue weighted by Gasteiger charge is 2.22. The molecule has 0 atom stereocenters. The third-order valence-corrected chi connectivity index (χ3v) is 5.28. The summed E-state index contributed by atoms with van der Waals surface area (Å²) in [5.74, 6) is 0.0249. The van der Waals surface area contributed by atoms with Gasteiger partial charge in [-0.2, -0.15) is 10.4 Å². The fraction of sp³-hybridized carbons (Fsp3) is 0.450. The van der Waals surface area contributed by atoms with Gasteiger partial charge < -0.3 is 4.90 Å². The van der Waals surface area contributed by atoms with Crippen LogP contribution in [0.5, 0.6) is 0 Å². The summed E-state index contributed by atoms with van der Waals surface area (Å²) in [5.41, 5.74) is 5.76. The third-order valence-electron chi connectivity index (χ3n) is 5.28. The summed E-state index contributed by atoms with van der Waals surface area (Å²) in [4.78, 5) is 16.3. The molecule has 136 valence electrons. The number of rotatable bonds is 4. The van der Waals surface area contributed by atoms with E-state index in [1.54, 1.807) is 19.1 Å². The van der Waals surface area contributed by atoms with E-state index in [1.807, 2.05) is 17.8 Å². The van der Waals surface area contributed by atoms with Crippen molar-refractivity contribution < 1.29 is 4.79 Å². The van der Waals surface area contributed by atoms with Crippen LogP contribution in [-0.2, 0) is 13.6 Å². The average molecular weight is 351 g/mol. The van der Waals surface area contributed by atoms with Crippen LogP contribution in [0.1, 0.15) is 39.8 Å². The van der Waals surface area contributed by atoms with Gasteiger partial charge in [0.1, 0.15) is 6.07 Å². The second kappa shape index (κ2) is 7.30. The molecule has 2 aromatic rings. The molecule has 26 heavy (non-hydrogen) atoms. The molecule has 6 nitrogen and oxygen atoms in total. The van der Waals surface area contributed by atoms with E-state index in [2.05, 4.69) is 34.8 Å². The summed E-state index contributed by atoms with van der Waals surface area (Å²) in [7, 11) is 1.98. The number of piperazine rings is 1. The van der Waals surface area contributed by atoms with Crippen LogP contribution in [0.25, 0.3) is 0 Å². The van der Waals surface area contributed by atoms with Crippen molar-refractivity contribution in [2.24, 2.45) is 7.05 Å². The SMILES string of the molecule is CC(=O)c1ccc(C#N)c(N2CCN(Cc3c(C)nn(C)c3C)CC2)c1. The zero-order valence-corrected chi connectivity index (χ0v) is 15.9. The zero-order chi connectivity index (χ0) is 18.8. The third kappa shape index (κ3) is 3.49. The van der Waals surface area contributed by atoms with Crippen LogP contribution < -0.4 is 4.90 Å². The maximum Gasteiger partial charge on any atom is 0.159 e. The predicted octanol–water partition coefficient (Wildman–Crippen LogP) is 2.43. The molecule has 1 fully saturated rings. The first-order valence-electron chi connectivity index (χ1n) is 8.92. The van der Waals surface area contributed by atoms with Crippen molar-refractivity contribution in [2.75, 3.05) is 31.1 Å². The van der Waals surface area contributed by atoms with E-state index in [-0.39, 0.29) is 5.78 Å². The molecule has 1 aliphatic rings. The lowest BCUT2D eigenvalue weighted by molar-refractivity contribution is 0.101. The molecule has 0 bridgehead atoms. The quantitative estimate of drug-likeness (QED) is 0.792. The monoisotopic (exact) mass is 351 g/mol. The van der Waals surface area contributed by atoms with Crippen molar-refractivity contribution in [3.05, 3.63) is 46.3 Å². The largest absolute Gasteiger partial charge is 0.368 e. The summed E-state index contributed by atoms with van der Waals surface area (Å²) in [6.07, 6.45) is 0. The van der Waals surface area contributed by atoms with E-state index >= 15 is 0 Å². The number of benzene rings is 1. The number of Topliss-reactive ketones (excluding diaryl/α,β-unsaturated/α-hetero) is 1. The van der Waals surface area contributed by atoms with Gasteiger partial charge in [0.25, 0.3) is 0 Å². The molecule has 3 rings (SSSR count). The second-order valence-electron chi connectivity index (χ2n) is 6.94. The number of hydrogen-bond donors (Lipinski definition) is 0. The Labute approximate surface area is 154 Å². The first kappa shape index (κ1) is 18.2. The van der Waals surface area contributed by atoms with Crippen LogP contribution in [0.4, 0.5) is 5.69 Å². The minimum Gasteiger partial charge on any atom is -0.368 e. The molecule has 0 spiro atoms. The van der Waals surface area contributed by atoms with Gasteiger partial charge in [0, 0.05) is 56.6 Å². The molecular formula is C20H25N5O. The van der Waals surface area contributed by atoms with Crippen LogP contribution in [0.15, 0.2) is 18.2 Å². The van der Waals surface area contributed by atoms with E-state index < -0.39 is 0 Å². The zero-order valence-electron chi connectivity index (χ0n) is 15.9.